The van der Waals surface area contributed by atoms with Gasteiger partial charge in [0.05, 0.1) is 10.9 Å². The van der Waals surface area contributed by atoms with Crippen molar-refractivity contribution in [3.05, 3.63) is 52.0 Å². The average molecular weight is 471 g/mol. The number of nitrogens with zero attached hydrogens (tertiary/aromatic N) is 4. The highest BCUT2D eigenvalue weighted by Crippen LogP contribution is 2.38. The molecule has 0 aliphatic heterocycles. The maximum atomic E-state index is 14.1. The van der Waals surface area contributed by atoms with Crippen molar-refractivity contribution in [1.29, 1.82) is 5.26 Å². The first-order valence-electron chi connectivity index (χ1n) is 8.88. The Morgan fingerprint density at radius 3 is 2.50 bits per heavy atom. The molecule has 1 aromatic carbocycles. The summed E-state index contributed by atoms with van der Waals surface area (Å²) in [6.07, 6.45) is -4.00. The first kappa shape index (κ1) is 23.1. The maximum Gasteiger partial charge on any atom is 0.435 e. The van der Waals surface area contributed by atoms with E-state index >= 15 is 0 Å². The van der Waals surface area contributed by atoms with Crippen molar-refractivity contribution in [2.24, 2.45) is 7.05 Å². The number of fused-ring (bicyclic) bond motifs is 1. The lowest BCUT2D eigenvalue weighted by Gasteiger charge is -2.20. The number of aryl methyl sites for hydroxylation is 1. The minimum absolute atomic E-state index is 0.0691. The van der Waals surface area contributed by atoms with E-state index in [9.17, 15) is 31.5 Å². The number of amides is 2. The molecule has 0 aliphatic carbocycles. The molecule has 0 saturated carbocycles. The molecule has 3 rings (SSSR count). The van der Waals surface area contributed by atoms with Gasteiger partial charge in [-0.05, 0) is 12.1 Å². The lowest BCUT2D eigenvalue weighted by atomic mass is 10.0. The van der Waals surface area contributed by atoms with Crippen molar-refractivity contribution in [3.8, 4) is 6.19 Å². The van der Waals surface area contributed by atoms with Gasteiger partial charge < -0.3 is 5.32 Å². The number of nitrogens with one attached hydrogen (secondary N) is 1. The summed E-state index contributed by atoms with van der Waals surface area (Å²) in [6, 6.07) is 1.38. The van der Waals surface area contributed by atoms with E-state index in [1.807, 2.05) is 0 Å². The van der Waals surface area contributed by atoms with Crippen LogP contribution in [-0.4, -0.2) is 39.6 Å². The number of carbonyl (C=O) groups is 2. The summed E-state index contributed by atoms with van der Waals surface area (Å²) in [7, 11) is 2.36. The van der Waals surface area contributed by atoms with E-state index in [1.165, 1.54) is 13.2 Å². The molecule has 2 heterocycles. The van der Waals surface area contributed by atoms with Gasteiger partial charge in [-0.2, -0.15) is 23.5 Å². The first-order valence-corrected chi connectivity index (χ1v) is 9.76. The van der Waals surface area contributed by atoms with Gasteiger partial charge in [-0.25, -0.2) is 8.78 Å². The largest absolute Gasteiger partial charge is 0.435 e. The van der Waals surface area contributed by atoms with Crippen LogP contribution in [0.15, 0.2) is 23.6 Å². The first-order chi connectivity index (χ1) is 15.0. The molecule has 0 bridgehead atoms. The van der Waals surface area contributed by atoms with Crippen LogP contribution in [0.2, 0.25) is 0 Å². The number of thiophene rings is 1. The van der Waals surface area contributed by atoms with E-state index < -0.39 is 64.3 Å². The molecule has 13 heteroatoms. The number of alkyl halides is 3. The third kappa shape index (κ3) is 4.26. The van der Waals surface area contributed by atoms with Gasteiger partial charge in [-0.15, -0.1) is 11.3 Å². The van der Waals surface area contributed by atoms with Gasteiger partial charge in [0.15, 0.2) is 11.9 Å². The van der Waals surface area contributed by atoms with Gasteiger partial charge in [0.2, 0.25) is 0 Å². The Balaban J connectivity index is 2.01. The van der Waals surface area contributed by atoms with Crippen LogP contribution < -0.4 is 5.32 Å². The number of benzene rings is 1. The standard InChI is InChI=1S/C19H14F5N5O2S/c1-28(8-25)17(31)13(6-9-11(20)4-3-5-12(9)21)26-16(30)10-7-32-18-14(10)15(19(22,23)24)27-29(18)2/h3-5,7,13H,6H2,1-2H3,(H,26,30)/t13-/m0/s1. The molecule has 7 nitrogen and oxygen atoms in total. The van der Waals surface area contributed by atoms with Gasteiger partial charge >= 0.3 is 6.18 Å². The second kappa shape index (κ2) is 8.54. The molecule has 0 fully saturated rings. The second-order valence-electron chi connectivity index (χ2n) is 6.73. The van der Waals surface area contributed by atoms with Crippen LogP contribution in [0, 0.1) is 23.1 Å². The highest BCUT2D eigenvalue weighted by Gasteiger charge is 2.39. The Bertz CT molecular complexity index is 1220. The lowest BCUT2D eigenvalue weighted by molar-refractivity contribution is -0.140. The molecule has 0 unspecified atom stereocenters. The summed E-state index contributed by atoms with van der Waals surface area (Å²) in [4.78, 5) is 26.0. The smallest absolute Gasteiger partial charge is 0.340 e. The molecule has 0 aliphatic rings. The number of rotatable bonds is 5. The fourth-order valence-corrected chi connectivity index (χ4v) is 4.05. The van der Waals surface area contributed by atoms with E-state index in [1.54, 1.807) is 0 Å². The molecule has 2 aromatic heterocycles. The predicted molar refractivity (Wildman–Crippen MR) is 103 cm³/mol. The molecule has 1 atom stereocenters. The van der Waals surface area contributed by atoms with Crippen LogP contribution in [0.3, 0.4) is 0 Å². The molecule has 0 spiro atoms. The molecule has 0 saturated heterocycles. The zero-order valence-corrected chi connectivity index (χ0v) is 17.3. The quantitative estimate of drug-likeness (QED) is 0.352. The van der Waals surface area contributed by atoms with Crippen molar-refractivity contribution < 1.29 is 31.5 Å². The maximum absolute atomic E-state index is 14.1. The van der Waals surface area contributed by atoms with E-state index in [2.05, 4.69) is 10.4 Å². The van der Waals surface area contributed by atoms with Crippen molar-refractivity contribution in [2.45, 2.75) is 18.6 Å². The molecular weight excluding hydrogens is 457 g/mol. The predicted octanol–water partition coefficient (Wildman–Crippen LogP) is 3.21. The summed E-state index contributed by atoms with van der Waals surface area (Å²) in [5.74, 6) is -4.06. The number of aromatic nitrogens is 2. The molecular formula is C19H14F5N5O2S. The lowest BCUT2D eigenvalue weighted by Crippen LogP contribution is -2.47. The van der Waals surface area contributed by atoms with E-state index in [0.717, 1.165) is 46.6 Å². The van der Waals surface area contributed by atoms with Crippen molar-refractivity contribution >= 4 is 33.4 Å². The summed E-state index contributed by atoms with van der Waals surface area (Å²) in [6.45, 7) is 0. The van der Waals surface area contributed by atoms with Crippen LogP contribution in [0.4, 0.5) is 22.0 Å². The van der Waals surface area contributed by atoms with Gasteiger partial charge in [-0.1, -0.05) is 6.07 Å². The van der Waals surface area contributed by atoms with Gasteiger partial charge in [0, 0.05) is 31.5 Å². The van der Waals surface area contributed by atoms with Crippen LogP contribution in [0.1, 0.15) is 21.6 Å². The van der Waals surface area contributed by atoms with Crippen molar-refractivity contribution in [3.63, 3.8) is 0 Å². The molecule has 3 aromatic rings. The minimum Gasteiger partial charge on any atom is -0.340 e. The Labute approximate surface area is 181 Å². The van der Waals surface area contributed by atoms with Crippen LogP contribution in [-0.2, 0) is 24.4 Å². The summed E-state index contributed by atoms with van der Waals surface area (Å²) >= 11 is 0.833. The van der Waals surface area contributed by atoms with Gasteiger partial charge in [0.1, 0.15) is 22.5 Å². The van der Waals surface area contributed by atoms with Crippen LogP contribution in [0.25, 0.3) is 10.2 Å². The number of likely N-dealkylation sites (N-methyl/N-ethyl adjacent to an activating group) is 1. The van der Waals surface area contributed by atoms with Crippen LogP contribution >= 0.6 is 11.3 Å². The second-order valence-corrected chi connectivity index (χ2v) is 7.59. The molecule has 1 N–H and O–H groups in total. The Morgan fingerprint density at radius 1 is 1.31 bits per heavy atom. The van der Waals surface area contributed by atoms with E-state index in [4.69, 9.17) is 5.26 Å². The average Bonchev–Trinajstić information content (AvgIpc) is 3.29. The van der Waals surface area contributed by atoms with Crippen molar-refractivity contribution in [2.75, 3.05) is 7.05 Å². The fourth-order valence-electron chi connectivity index (χ4n) is 3.08. The zero-order valence-electron chi connectivity index (χ0n) is 16.5. The highest BCUT2D eigenvalue weighted by atomic mass is 32.1. The summed E-state index contributed by atoms with van der Waals surface area (Å²) < 4.78 is 69.3. The highest BCUT2D eigenvalue weighted by molar-refractivity contribution is 7.17. The van der Waals surface area contributed by atoms with E-state index in [-0.39, 0.29) is 4.83 Å². The zero-order chi connectivity index (χ0) is 23.8. The number of carbonyl (C=O) groups excluding carboxylic acids is 2. The fraction of sp³-hybridized carbons (Fsp3) is 0.263. The minimum atomic E-state index is -4.85. The monoisotopic (exact) mass is 471 g/mol. The topological polar surface area (TPSA) is 91.0 Å². The Kier molecular flexibility index (Phi) is 6.18. The molecule has 32 heavy (non-hydrogen) atoms. The number of halogens is 5. The summed E-state index contributed by atoms with van der Waals surface area (Å²) in [5, 5.41) is 15.3. The SMILES string of the molecule is CN(C#N)C(=O)[C@H](Cc1c(F)cccc1F)NC(=O)c1csc2c1c(C(F)(F)F)nn2C. The number of hydrogen-bond acceptors (Lipinski definition) is 5. The van der Waals surface area contributed by atoms with Gasteiger partial charge in [0.25, 0.3) is 11.8 Å². The van der Waals surface area contributed by atoms with E-state index in [0.29, 0.717) is 4.90 Å². The van der Waals surface area contributed by atoms with Crippen LogP contribution in [0.5, 0.6) is 0 Å². The number of nitriles is 1. The molecule has 168 valence electrons. The third-order valence-electron chi connectivity index (χ3n) is 4.62. The Hall–Kier alpha value is -3.53. The third-order valence-corrected chi connectivity index (χ3v) is 5.66. The normalized spacial score (nSPS) is 12.4. The molecule has 0 radical (unpaired) electrons. The van der Waals surface area contributed by atoms with Crippen molar-refractivity contribution in [1.82, 2.24) is 20.0 Å². The summed E-state index contributed by atoms with van der Waals surface area (Å²) in [5.41, 5.74) is -2.21. The Morgan fingerprint density at radius 2 is 1.94 bits per heavy atom. The number of hydrogen-bond donors (Lipinski definition) is 1. The van der Waals surface area contributed by atoms with Gasteiger partial charge in [-0.3, -0.25) is 19.2 Å². The molecule has 2 amide bonds.